The van der Waals surface area contributed by atoms with Crippen LogP contribution in [0, 0.1) is 5.92 Å². The second kappa shape index (κ2) is 8.81. The number of hydrogen-bond acceptors (Lipinski definition) is 5. The van der Waals surface area contributed by atoms with Gasteiger partial charge in [0.2, 0.25) is 0 Å². The van der Waals surface area contributed by atoms with E-state index < -0.39 is 0 Å². The van der Waals surface area contributed by atoms with E-state index in [4.69, 9.17) is 9.47 Å². The van der Waals surface area contributed by atoms with Crippen LogP contribution in [0.2, 0.25) is 0 Å². The predicted molar refractivity (Wildman–Crippen MR) is 126 cm³/mol. The Balaban J connectivity index is 1.33. The van der Waals surface area contributed by atoms with E-state index >= 15 is 0 Å². The summed E-state index contributed by atoms with van der Waals surface area (Å²) in [6.07, 6.45) is 9.54. The minimum atomic E-state index is -0.276. The van der Waals surface area contributed by atoms with Crippen LogP contribution < -0.4 is 4.74 Å². The number of rotatable bonds is 6. The Kier molecular flexibility index (Phi) is 6.19. The average molecular weight is 444 g/mol. The number of nitrogens with zero attached hydrogens (tertiary/aromatic N) is 1. The van der Waals surface area contributed by atoms with Gasteiger partial charge in [-0.05, 0) is 88.4 Å². The summed E-state index contributed by atoms with van der Waals surface area (Å²) in [6, 6.07) is 4.29. The molecular weight excluding hydrogens is 402 g/mol. The molecule has 0 bridgehead atoms. The number of benzene rings is 1. The zero-order valence-corrected chi connectivity index (χ0v) is 19.9. The number of ether oxygens (including phenoxy) is 2. The van der Waals surface area contributed by atoms with Crippen molar-refractivity contribution in [2.45, 2.75) is 94.7 Å². The molecule has 0 unspecified atom stereocenters. The lowest BCUT2D eigenvalue weighted by Gasteiger charge is -2.49. The lowest BCUT2D eigenvalue weighted by molar-refractivity contribution is -0.0318. The van der Waals surface area contributed by atoms with Gasteiger partial charge >= 0.3 is 0 Å². The number of aliphatic hydroxyl groups is 1. The van der Waals surface area contributed by atoms with Crippen molar-refractivity contribution < 1.29 is 19.7 Å². The lowest BCUT2D eigenvalue weighted by atomic mass is 9.61. The van der Waals surface area contributed by atoms with E-state index in [1.54, 1.807) is 0 Å². The third-order valence-electron chi connectivity index (χ3n) is 8.99. The van der Waals surface area contributed by atoms with Crippen molar-refractivity contribution in [3.63, 3.8) is 0 Å². The fourth-order valence-electron chi connectivity index (χ4n) is 6.94. The van der Waals surface area contributed by atoms with E-state index in [1.807, 2.05) is 6.07 Å². The number of morpholine rings is 1. The Morgan fingerprint density at radius 3 is 2.59 bits per heavy atom. The van der Waals surface area contributed by atoms with Gasteiger partial charge in [0, 0.05) is 30.5 Å². The van der Waals surface area contributed by atoms with Gasteiger partial charge < -0.3 is 19.7 Å². The molecule has 1 aromatic carbocycles. The van der Waals surface area contributed by atoms with E-state index in [0.717, 1.165) is 63.4 Å². The first kappa shape index (κ1) is 22.5. The van der Waals surface area contributed by atoms with Gasteiger partial charge in [0.15, 0.2) is 0 Å². The number of fused-ring (bicyclic) bond motifs is 3. The van der Waals surface area contributed by atoms with E-state index in [2.05, 4.69) is 24.8 Å². The van der Waals surface area contributed by atoms with Crippen LogP contribution in [-0.2, 0) is 10.2 Å². The molecule has 2 N–H and O–H groups in total. The highest BCUT2D eigenvalue weighted by Gasteiger charge is 2.48. The first-order valence-corrected chi connectivity index (χ1v) is 12.9. The largest absolute Gasteiger partial charge is 0.508 e. The van der Waals surface area contributed by atoms with Crippen molar-refractivity contribution in [3.05, 3.63) is 23.3 Å². The topological polar surface area (TPSA) is 62.2 Å². The molecule has 0 spiro atoms. The molecule has 5 nitrogen and oxygen atoms in total. The van der Waals surface area contributed by atoms with Gasteiger partial charge in [-0.25, -0.2) is 0 Å². The van der Waals surface area contributed by atoms with Gasteiger partial charge in [-0.15, -0.1) is 0 Å². The fraction of sp³-hybridized carbons (Fsp3) is 0.778. The summed E-state index contributed by atoms with van der Waals surface area (Å²) < 4.78 is 12.0. The van der Waals surface area contributed by atoms with Gasteiger partial charge in [-0.3, -0.25) is 4.90 Å². The number of unbranched alkanes of at least 4 members (excludes halogenated alkanes) is 1. The molecule has 5 rings (SSSR count). The summed E-state index contributed by atoms with van der Waals surface area (Å²) in [6.45, 7) is 9.39. The molecule has 2 aliphatic heterocycles. The maximum absolute atomic E-state index is 11.2. The molecule has 0 radical (unpaired) electrons. The summed E-state index contributed by atoms with van der Waals surface area (Å²) in [4.78, 5) is 2.52. The van der Waals surface area contributed by atoms with Gasteiger partial charge in [0.25, 0.3) is 0 Å². The minimum absolute atomic E-state index is 0.178. The van der Waals surface area contributed by atoms with Crippen LogP contribution in [0.4, 0.5) is 0 Å². The molecule has 2 aliphatic carbocycles. The summed E-state index contributed by atoms with van der Waals surface area (Å²) >= 11 is 0. The monoisotopic (exact) mass is 443 g/mol. The molecule has 1 aromatic rings. The van der Waals surface area contributed by atoms with Crippen LogP contribution in [0.15, 0.2) is 12.1 Å². The molecule has 2 saturated carbocycles. The Bertz CT molecular complexity index is 812. The normalized spacial score (nSPS) is 31.2. The quantitative estimate of drug-likeness (QED) is 0.622. The third-order valence-corrected chi connectivity index (χ3v) is 8.99. The highest BCUT2D eigenvalue weighted by atomic mass is 16.5. The molecule has 0 amide bonds. The smallest absolute Gasteiger partial charge is 0.127 e. The van der Waals surface area contributed by atoms with Gasteiger partial charge in [0.05, 0.1) is 19.3 Å². The first-order chi connectivity index (χ1) is 15.4. The maximum Gasteiger partial charge on any atom is 0.127 e. The molecular formula is C27H41NO4. The van der Waals surface area contributed by atoms with Crippen LogP contribution in [0.5, 0.6) is 11.5 Å². The molecule has 0 aromatic heterocycles. The van der Waals surface area contributed by atoms with Gasteiger partial charge in [-0.1, -0.05) is 12.8 Å². The molecule has 178 valence electrons. The summed E-state index contributed by atoms with van der Waals surface area (Å²) in [5.41, 5.74) is 2.12. The first-order valence-electron chi connectivity index (χ1n) is 12.9. The van der Waals surface area contributed by atoms with Crippen molar-refractivity contribution in [3.8, 4) is 11.5 Å². The van der Waals surface area contributed by atoms with Gasteiger partial charge in [0.1, 0.15) is 17.1 Å². The van der Waals surface area contributed by atoms with Crippen LogP contribution in [-0.4, -0.2) is 59.7 Å². The van der Waals surface area contributed by atoms with E-state index in [9.17, 15) is 10.2 Å². The second-order valence-electron chi connectivity index (χ2n) is 11.3. The zero-order chi connectivity index (χ0) is 22.3. The van der Waals surface area contributed by atoms with E-state index in [0.29, 0.717) is 11.7 Å². The third kappa shape index (κ3) is 4.17. The molecule has 32 heavy (non-hydrogen) atoms. The van der Waals surface area contributed by atoms with Crippen molar-refractivity contribution in [2.75, 3.05) is 32.8 Å². The highest BCUT2D eigenvalue weighted by molar-refractivity contribution is 5.54. The van der Waals surface area contributed by atoms with Crippen molar-refractivity contribution >= 4 is 0 Å². The Hall–Kier alpha value is -1.30. The second-order valence-corrected chi connectivity index (χ2v) is 11.3. The van der Waals surface area contributed by atoms with Crippen molar-refractivity contribution in [1.82, 2.24) is 4.90 Å². The van der Waals surface area contributed by atoms with Gasteiger partial charge in [-0.2, -0.15) is 0 Å². The molecule has 4 aliphatic rings. The van der Waals surface area contributed by atoms with Crippen molar-refractivity contribution in [1.29, 1.82) is 0 Å². The Morgan fingerprint density at radius 1 is 1.09 bits per heavy atom. The molecule has 2 heterocycles. The Labute approximate surface area is 193 Å². The fourth-order valence-corrected chi connectivity index (χ4v) is 6.94. The average Bonchev–Trinajstić information content (AvgIpc) is 2.72. The number of phenolic OH excluding ortho intramolecular Hbond substituents is 1. The SMILES string of the molecule is CC1(C)Oc2cc(C3(CCCCN4CCOCC4)CCC3)cc(O)c2[C@@H]2C[C@H](O)CC[C@H]21. The summed E-state index contributed by atoms with van der Waals surface area (Å²) in [5, 5.41) is 21.5. The molecule has 3 fully saturated rings. The van der Waals surface area contributed by atoms with E-state index in [-0.39, 0.29) is 23.0 Å². The molecule has 1 saturated heterocycles. The maximum atomic E-state index is 11.2. The standard InChI is InChI=1S/C27H41NO4/c1-26(2)22-7-6-20(29)18-21(22)25-23(30)16-19(17-24(25)32-26)27(9-5-10-27)8-3-4-11-28-12-14-31-15-13-28/h16-17,20-22,29-30H,3-15,18H2,1-2H3/t20-,21-,22-/m1/s1. The highest BCUT2D eigenvalue weighted by Crippen LogP contribution is 2.57. The summed E-state index contributed by atoms with van der Waals surface area (Å²) in [7, 11) is 0. The summed E-state index contributed by atoms with van der Waals surface area (Å²) in [5.74, 6) is 1.77. The Morgan fingerprint density at radius 2 is 1.88 bits per heavy atom. The number of phenols is 1. The lowest BCUT2D eigenvalue weighted by Crippen LogP contribution is -2.47. The predicted octanol–water partition coefficient (Wildman–Crippen LogP) is 4.73. The van der Waals surface area contributed by atoms with Crippen LogP contribution >= 0.6 is 0 Å². The number of aromatic hydroxyl groups is 1. The number of aliphatic hydroxyl groups excluding tert-OH is 1. The van der Waals surface area contributed by atoms with Crippen LogP contribution in [0.3, 0.4) is 0 Å². The molecule has 3 atom stereocenters. The van der Waals surface area contributed by atoms with Crippen LogP contribution in [0.1, 0.15) is 88.7 Å². The van der Waals surface area contributed by atoms with E-state index in [1.165, 1.54) is 44.1 Å². The molecule has 5 heteroatoms. The van der Waals surface area contributed by atoms with Crippen molar-refractivity contribution in [2.24, 2.45) is 5.92 Å². The van der Waals surface area contributed by atoms with Crippen LogP contribution in [0.25, 0.3) is 0 Å². The minimum Gasteiger partial charge on any atom is -0.508 e. The number of hydrogen-bond donors (Lipinski definition) is 2. The zero-order valence-electron chi connectivity index (χ0n) is 19.9.